The van der Waals surface area contributed by atoms with E-state index < -0.39 is 0 Å². The Labute approximate surface area is 192 Å². The molecule has 30 heavy (non-hydrogen) atoms. The Morgan fingerprint density at radius 1 is 1.03 bits per heavy atom. The molecular formula is C23H14Br2N2O2S. The first-order chi connectivity index (χ1) is 14.6. The summed E-state index contributed by atoms with van der Waals surface area (Å²) in [4.78, 5) is 18.2. The number of aromatic nitrogens is 2. The molecule has 0 unspecified atom stereocenters. The lowest BCUT2D eigenvalue weighted by atomic mass is 10.2. The third kappa shape index (κ3) is 3.69. The van der Waals surface area contributed by atoms with Crippen molar-refractivity contribution in [2.75, 3.05) is 0 Å². The van der Waals surface area contributed by atoms with Gasteiger partial charge < -0.3 is 4.74 Å². The fraction of sp³-hybridized carbons (Fsp3) is 0.0435. The van der Waals surface area contributed by atoms with Crippen molar-refractivity contribution in [2.45, 2.75) is 6.61 Å². The van der Waals surface area contributed by atoms with Crippen LogP contribution >= 0.6 is 43.2 Å². The van der Waals surface area contributed by atoms with Crippen molar-refractivity contribution in [3.63, 3.8) is 0 Å². The van der Waals surface area contributed by atoms with Gasteiger partial charge in [0.25, 0.3) is 5.56 Å². The minimum atomic E-state index is -0.0459. The smallest absolute Gasteiger partial charge is 0.274 e. The Bertz CT molecular complexity index is 1490. The minimum Gasteiger partial charge on any atom is -0.488 e. The molecule has 5 rings (SSSR count). The molecule has 0 aliphatic rings. The van der Waals surface area contributed by atoms with Crippen molar-refractivity contribution in [1.29, 1.82) is 0 Å². The maximum atomic E-state index is 12.9. The van der Waals surface area contributed by atoms with Crippen molar-refractivity contribution in [3.05, 3.63) is 102 Å². The zero-order chi connectivity index (χ0) is 20.7. The topological polar surface area (TPSA) is 43.6 Å². The van der Waals surface area contributed by atoms with Gasteiger partial charge in [-0.25, -0.2) is 9.38 Å². The third-order valence-corrected chi connectivity index (χ3v) is 6.82. The van der Waals surface area contributed by atoms with E-state index in [1.165, 1.54) is 11.3 Å². The molecule has 4 nitrogen and oxygen atoms in total. The number of para-hydroxylation sites is 2. The number of hydrogen-bond acceptors (Lipinski definition) is 4. The summed E-state index contributed by atoms with van der Waals surface area (Å²) in [5.74, 6) is 0.754. The summed E-state index contributed by atoms with van der Waals surface area (Å²) < 4.78 is 10.1. The second-order valence-corrected chi connectivity index (χ2v) is 9.52. The number of imidazole rings is 1. The zero-order valence-electron chi connectivity index (χ0n) is 15.5. The third-order valence-electron chi connectivity index (χ3n) is 4.71. The van der Waals surface area contributed by atoms with Crippen LogP contribution in [0.5, 0.6) is 5.75 Å². The fourth-order valence-corrected chi connectivity index (χ4v) is 4.99. The predicted molar refractivity (Wildman–Crippen MR) is 128 cm³/mol. The molecule has 5 aromatic rings. The number of fused-ring (bicyclic) bond motifs is 3. The average molecular weight is 542 g/mol. The van der Waals surface area contributed by atoms with Gasteiger partial charge >= 0.3 is 0 Å². The maximum absolute atomic E-state index is 12.9. The lowest BCUT2D eigenvalue weighted by Crippen LogP contribution is -2.22. The largest absolute Gasteiger partial charge is 0.488 e. The number of benzene rings is 3. The van der Waals surface area contributed by atoms with E-state index in [0.29, 0.717) is 16.1 Å². The van der Waals surface area contributed by atoms with Gasteiger partial charge in [0.1, 0.15) is 12.4 Å². The number of nitrogens with zero attached hydrogens (tertiary/aromatic N) is 2. The van der Waals surface area contributed by atoms with Gasteiger partial charge in [0.05, 0.1) is 20.0 Å². The highest BCUT2D eigenvalue weighted by atomic mass is 79.9. The second-order valence-electron chi connectivity index (χ2n) is 6.74. The van der Waals surface area contributed by atoms with Gasteiger partial charge in [0, 0.05) is 4.47 Å². The Morgan fingerprint density at radius 2 is 1.83 bits per heavy atom. The minimum absolute atomic E-state index is 0.0459. The van der Waals surface area contributed by atoms with Crippen LogP contribution in [-0.2, 0) is 6.61 Å². The van der Waals surface area contributed by atoms with Crippen LogP contribution in [0.25, 0.3) is 22.1 Å². The van der Waals surface area contributed by atoms with Crippen molar-refractivity contribution in [3.8, 4) is 5.75 Å². The average Bonchev–Trinajstić information content (AvgIpc) is 3.25. The van der Waals surface area contributed by atoms with E-state index in [1.807, 2.05) is 72.8 Å². The predicted octanol–water partition coefficient (Wildman–Crippen LogP) is 5.56. The number of thiazole rings is 1. The first-order valence-electron chi connectivity index (χ1n) is 9.17. The highest BCUT2D eigenvalue weighted by Gasteiger charge is 2.11. The van der Waals surface area contributed by atoms with E-state index in [9.17, 15) is 4.79 Å². The van der Waals surface area contributed by atoms with Crippen molar-refractivity contribution >= 4 is 65.3 Å². The molecule has 0 saturated carbocycles. The van der Waals surface area contributed by atoms with Crippen LogP contribution in [0.15, 0.2) is 80.5 Å². The molecule has 3 aromatic carbocycles. The number of ether oxygens (including phenoxy) is 1. The molecule has 0 saturated heterocycles. The molecule has 0 spiro atoms. The number of hydrogen-bond donors (Lipinski definition) is 0. The lowest BCUT2D eigenvalue weighted by Gasteiger charge is -2.09. The van der Waals surface area contributed by atoms with Gasteiger partial charge in [0.2, 0.25) is 0 Å². The van der Waals surface area contributed by atoms with E-state index in [0.717, 1.165) is 36.9 Å². The standard InChI is InChI=1S/C23H14Br2N2O2S/c24-16-8-5-14(6-9-16)13-29-20-10-7-15(11-17(20)25)12-21-22(28)27-19-4-2-1-3-18(19)26-23(27)30-21/h1-12H,13H2/b21-12-. The van der Waals surface area contributed by atoms with E-state index >= 15 is 0 Å². The summed E-state index contributed by atoms with van der Waals surface area (Å²) in [6.07, 6.45) is 1.89. The first-order valence-corrected chi connectivity index (χ1v) is 11.6. The molecular weight excluding hydrogens is 528 g/mol. The van der Waals surface area contributed by atoms with Crippen LogP contribution in [0.1, 0.15) is 11.1 Å². The molecule has 0 radical (unpaired) electrons. The normalized spacial score (nSPS) is 12.1. The number of halogens is 2. The summed E-state index contributed by atoms with van der Waals surface area (Å²) in [5.41, 5.74) is 3.64. The quantitative estimate of drug-likeness (QED) is 0.299. The first kappa shape index (κ1) is 19.5. The monoisotopic (exact) mass is 540 g/mol. The molecule has 0 amide bonds. The molecule has 2 aromatic heterocycles. The summed E-state index contributed by atoms with van der Waals surface area (Å²) >= 11 is 8.41. The molecule has 0 fully saturated rings. The van der Waals surface area contributed by atoms with Gasteiger partial charge in [-0.1, -0.05) is 57.6 Å². The summed E-state index contributed by atoms with van der Waals surface area (Å²) in [7, 11) is 0. The van der Waals surface area contributed by atoms with Crippen LogP contribution in [0.3, 0.4) is 0 Å². The highest BCUT2D eigenvalue weighted by Crippen LogP contribution is 2.27. The van der Waals surface area contributed by atoms with Gasteiger partial charge in [-0.05, 0) is 69.5 Å². The van der Waals surface area contributed by atoms with Crippen molar-refractivity contribution in [1.82, 2.24) is 9.38 Å². The Kier molecular flexibility index (Phi) is 5.18. The summed E-state index contributed by atoms with van der Waals surface area (Å²) in [6.45, 7) is 0.481. The SMILES string of the molecule is O=c1/c(=C/c2ccc(OCc3ccc(Br)cc3)c(Br)c2)sc2nc3ccccc3n12. The van der Waals surface area contributed by atoms with E-state index in [1.54, 1.807) is 4.40 Å². The molecule has 0 N–H and O–H groups in total. The molecule has 0 aliphatic heterocycles. The fourth-order valence-electron chi connectivity index (χ4n) is 3.23. The van der Waals surface area contributed by atoms with Crippen molar-refractivity contribution in [2.24, 2.45) is 0 Å². The molecule has 2 heterocycles. The van der Waals surface area contributed by atoms with Gasteiger partial charge in [-0.3, -0.25) is 4.79 Å². The van der Waals surface area contributed by atoms with Crippen LogP contribution in [0.4, 0.5) is 0 Å². The van der Waals surface area contributed by atoms with Crippen molar-refractivity contribution < 1.29 is 4.74 Å². The number of rotatable bonds is 4. The van der Waals surface area contributed by atoms with Crippen LogP contribution in [-0.4, -0.2) is 9.38 Å². The molecule has 0 atom stereocenters. The van der Waals surface area contributed by atoms with E-state index in [-0.39, 0.29) is 5.56 Å². The molecule has 0 aliphatic carbocycles. The van der Waals surface area contributed by atoms with Gasteiger partial charge in [-0.15, -0.1) is 0 Å². The lowest BCUT2D eigenvalue weighted by molar-refractivity contribution is 0.304. The zero-order valence-corrected chi connectivity index (χ0v) is 19.5. The van der Waals surface area contributed by atoms with Crippen LogP contribution < -0.4 is 14.8 Å². The molecule has 0 bridgehead atoms. The van der Waals surface area contributed by atoms with Gasteiger partial charge in [0.15, 0.2) is 4.96 Å². The van der Waals surface area contributed by atoms with Gasteiger partial charge in [-0.2, -0.15) is 0 Å². The molecule has 148 valence electrons. The summed E-state index contributed by atoms with van der Waals surface area (Å²) in [6, 6.07) is 21.5. The molecule has 7 heteroatoms. The Hall–Kier alpha value is -2.48. The summed E-state index contributed by atoms with van der Waals surface area (Å²) in [5, 5.41) is 0. The highest BCUT2D eigenvalue weighted by molar-refractivity contribution is 9.10. The van der Waals surface area contributed by atoms with Crippen LogP contribution in [0.2, 0.25) is 0 Å². The Morgan fingerprint density at radius 3 is 2.63 bits per heavy atom. The maximum Gasteiger partial charge on any atom is 0.274 e. The van der Waals surface area contributed by atoms with E-state index in [2.05, 4.69) is 36.8 Å². The van der Waals surface area contributed by atoms with Crippen LogP contribution in [0, 0.1) is 0 Å². The second kappa shape index (κ2) is 7.98. The van der Waals surface area contributed by atoms with E-state index in [4.69, 9.17) is 4.74 Å². The Balaban J connectivity index is 1.44.